The van der Waals surface area contributed by atoms with Crippen molar-refractivity contribution in [3.8, 4) is 0 Å². The minimum absolute atomic E-state index is 0.490. The Morgan fingerprint density at radius 3 is 2.47 bits per heavy atom. The number of hydrogen-bond donors (Lipinski definition) is 1. The van der Waals surface area contributed by atoms with Crippen molar-refractivity contribution >= 4 is 0 Å². The Morgan fingerprint density at radius 1 is 1.33 bits per heavy atom. The van der Waals surface area contributed by atoms with Crippen molar-refractivity contribution < 1.29 is 4.74 Å². The lowest BCUT2D eigenvalue weighted by Crippen LogP contribution is -2.44. The Morgan fingerprint density at radius 2 is 2.00 bits per heavy atom. The normalized spacial score (nSPS) is 13.8. The molecule has 0 rings (SSSR count). The standard InChI is InChI=1S/C12H28N2O/c1-6-7-13-8-12(10-15-5)14(4)9-11(2)3/h11-13H,6-10H2,1-5H3. The SMILES string of the molecule is CCCNCC(COC)N(C)CC(C)C. The van der Waals surface area contributed by atoms with Crippen molar-refractivity contribution in [3.05, 3.63) is 0 Å². The second-order valence-corrected chi connectivity index (χ2v) is 4.65. The number of hydrogen-bond acceptors (Lipinski definition) is 3. The summed E-state index contributed by atoms with van der Waals surface area (Å²) in [6, 6.07) is 0.490. The first-order chi connectivity index (χ1) is 7.11. The van der Waals surface area contributed by atoms with Crippen molar-refractivity contribution in [2.45, 2.75) is 33.2 Å². The van der Waals surface area contributed by atoms with Crippen molar-refractivity contribution in [3.63, 3.8) is 0 Å². The summed E-state index contributed by atoms with van der Waals surface area (Å²) in [4.78, 5) is 2.39. The Hall–Kier alpha value is -0.120. The van der Waals surface area contributed by atoms with Gasteiger partial charge in [0.25, 0.3) is 0 Å². The van der Waals surface area contributed by atoms with Gasteiger partial charge in [-0.15, -0.1) is 0 Å². The largest absolute Gasteiger partial charge is 0.383 e. The molecule has 0 aliphatic heterocycles. The molecule has 1 atom stereocenters. The first kappa shape index (κ1) is 14.9. The van der Waals surface area contributed by atoms with Crippen LogP contribution in [0, 0.1) is 5.92 Å². The third kappa shape index (κ3) is 7.77. The molecule has 0 aromatic heterocycles. The topological polar surface area (TPSA) is 24.5 Å². The predicted molar refractivity (Wildman–Crippen MR) is 66.3 cm³/mol. The highest BCUT2D eigenvalue weighted by Crippen LogP contribution is 2.02. The number of nitrogens with zero attached hydrogens (tertiary/aromatic N) is 1. The lowest BCUT2D eigenvalue weighted by Gasteiger charge is -2.29. The molecule has 0 saturated carbocycles. The molecule has 15 heavy (non-hydrogen) atoms. The van der Waals surface area contributed by atoms with Gasteiger partial charge in [0.2, 0.25) is 0 Å². The number of likely N-dealkylation sites (N-methyl/N-ethyl adjacent to an activating group) is 1. The van der Waals surface area contributed by atoms with Gasteiger partial charge in [0.1, 0.15) is 0 Å². The summed E-state index contributed by atoms with van der Waals surface area (Å²) in [5.41, 5.74) is 0. The van der Waals surface area contributed by atoms with E-state index >= 15 is 0 Å². The summed E-state index contributed by atoms with van der Waals surface area (Å²) in [6.07, 6.45) is 1.19. The van der Waals surface area contributed by atoms with Gasteiger partial charge >= 0.3 is 0 Å². The summed E-state index contributed by atoms with van der Waals surface area (Å²) < 4.78 is 5.26. The fourth-order valence-corrected chi connectivity index (χ4v) is 1.70. The molecule has 0 radical (unpaired) electrons. The van der Waals surface area contributed by atoms with Crippen LogP contribution in [0.3, 0.4) is 0 Å². The van der Waals surface area contributed by atoms with E-state index in [2.05, 4.69) is 38.0 Å². The summed E-state index contributed by atoms with van der Waals surface area (Å²) in [7, 11) is 3.95. The molecule has 0 aromatic rings. The molecule has 3 nitrogen and oxygen atoms in total. The van der Waals surface area contributed by atoms with Gasteiger partial charge < -0.3 is 10.1 Å². The third-order valence-electron chi connectivity index (χ3n) is 2.44. The fourth-order valence-electron chi connectivity index (χ4n) is 1.70. The van der Waals surface area contributed by atoms with Crippen LogP contribution in [0.15, 0.2) is 0 Å². The van der Waals surface area contributed by atoms with Crippen molar-refractivity contribution in [1.29, 1.82) is 0 Å². The summed E-state index contributed by atoms with van der Waals surface area (Å²) in [5, 5.41) is 3.45. The van der Waals surface area contributed by atoms with Crippen molar-refractivity contribution in [2.24, 2.45) is 5.92 Å². The van der Waals surface area contributed by atoms with Gasteiger partial charge in [-0.1, -0.05) is 20.8 Å². The lowest BCUT2D eigenvalue weighted by atomic mass is 10.1. The minimum Gasteiger partial charge on any atom is -0.383 e. The quantitative estimate of drug-likeness (QED) is 0.592. The third-order valence-corrected chi connectivity index (χ3v) is 2.44. The van der Waals surface area contributed by atoms with E-state index in [0.29, 0.717) is 12.0 Å². The molecule has 0 fully saturated rings. The molecule has 0 spiro atoms. The van der Waals surface area contributed by atoms with E-state index in [1.807, 2.05) is 0 Å². The molecule has 0 bridgehead atoms. The van der Waals surface area contributed by atoms with Crippen molar-refractivity contribution in [2.75, 3.05) is 40.4 Å². The van der Waals surface area contributed by atoms with Crippen LogP contribution >= 0.6 is 0 Å². The Balaban J connectivity index is 3.88. The van der Waals surface area contributed by atoms with Crippen LogP contribution in [0.2, 0.25) is 0 Å². The zero-order chi connectivity index (χ0) is 11.7. The van der Waals surface area contributed by atoms with E-state index in [-0.39, 0.29) is 0 Å². The highest BCUT2D eigenvalue weighted by Gasteiger charge is 2.14. The second-order valence-electron chi connectivity index (χ2n) is 4.65. The highest BCUT2D eigenvalue weighted by molar-refractivity contribution is 4.71. The van der Waals surface area contributed by atoms with E-state index in [0.717, 1.165) is 26.2 Å². The molecule has 0 aromatic carbocycles. The summed E-state index contributed by atoms with van der Waals surface area (Å²) in [5.74, 6) is 0.709. The first-order valence-electron chi connectivity index (χ1n) is 6.01. The summed E-state index contributed by atoms with van der Waals surface area (Å²) in [6.45, 7) is 10.7. The van der Waals surface area contributed by atoms with Gasteiger partial charge in [0.15, 0.2) is 0 Å². The predicted octanol–water partition coefficient (Wildman–Crippen LogP) is 1.59. The molecule has 0 aliphatic rings. The van der Waals surface area contributed by atoms with Gasteiger partial charge in [0, 0.05) is 26.2 Å². The number of methoxy groups -OCH3 is 1. The van der Waals surface area contributed by atoms with E-state index in [9.17, 15) is 0 Å². The maximum absolute atomic E-state index is 5.26. The van der Waals surface area contributed by atoms with Crippen LogP contribution in [0.1, 0.15) is 27.2 Å². The van der Waals surface area contributed by atoms with Gasteiger partial charge in [-0.3, -0.25) is 4.90 Å². The maximum atomic E-state index is 5.26. The molecule has 0 heterocycles. The zero-order valence-electron chi connectivity index (χ0n) is 11.0. The molecule has 92 valence electrons. The van der Waals surface area contributed by atoms with Crippen LogP contribution < -0.4 is 5.32 Å². The minimum atomic E-state index is 0.490. The average molecular weight is 216 g/mol. The molecule has 0 amide bonds. The monoisotopic (exact) mass is 216 g/mol. The smallest absolute Gasteiger partial charge is 0.0630 e. The molecule has 3 heteroatoms. The van der Waals surface area contributed by atoms with Crippen LogP contribution in [0.5, 0.6) is 0 Å². The Bertz CT molecular complexity index is 140. The Kier molecular flexibility index (Phi) is 9.06. The molecule has 1 N–H and O–H groups in total. The zero-order valence-corrected chi connectivity index (χ0v) is 11.0. The Labute approximate surface area is 95.2 Å². The van der Waals surface area contributed by atoms with Gasteiger partial charge in [0.05, 0.1) is 6.61 Å². The fraction of sp³-hybridized carbons (Fsp3) is 1.00. The molecule has 0 aliphatic carbocycles. The molecule has 1 unspecified atom stereocenters. The van der Waals surface area contributed by atoms with Crippen molar-refractivity contribution in [1.82, 2.24) is 10.2 Å². The molecule has 0 saturated heterocycles. The average Bonchev–Trinajstić information content (AvgIpc) is 2.15. The van der Waals surface area contributed by atoms with E-state index < -0.39 is 0 Å². The second kappa shape index (κ2) is 9.13. The van der Waals surface area contributed by atoms with Crippen LogP contribution in [0.25, 0.3) is 0 Å². The van der Waals surface area contributed by atoms with E-state index in [4.69, 9.17) is 4.74 Å². The number of ether oxygens (including phenoxy) is 1. The van der Waals surface area contributed by atoms with Crippen LogP contribution in [-0.2, 0) is 4.74 Å². The van der Waals surface area contributed by atoms with Gasteiger partial charge in [-0.05, 0) is 25.9 Å². The van der Waals surface area contributed by atoms with Gasteiger partial charge in [-0.25, -0.2) is 0 Å². The number of rotatable bonds is 9. The lowest BCUT2D eigenvalue weighted by molar-refractivity contribution is 0.0986. The first-order valence-corrected chi connectivity index (χ1v) is 6.01. The van der Waals surface area contributed by atoms with Crippen LogP contribution in [0.4, 0.5) is 0 Å². The van der Waals surface area contributed by atoms with Gasteiger partial charge in [-0.2, -0.15) is 0 Å². The number of nitrogens with one attached hydrogen (secondary N) is 1. The van der Waals surface area contributed by atoms with Crippen LogP contribution in [-0.4, -0.2) is 51.3 Å². The summed E-state index contributed by atoms with van der Waals surface area (Å²) >= 11 is 0. The highest BCUT2D eigenvalue weighted by atomic mass is 16.5. The maximum Gasteiger partial charge on any atom is 0.0630 e. The van der Waals surface area contributed by atoms with E-state index in [1.54, 1.807) is 7.11 Å². The molecular weight excluding hydrogens is 188 g/mol. The molecular formula is C12H28N2O. The van der Waals surface area contributed by atoms with E-state index in [1.165, 1.54) is 6.42 Å².